The molecule has 0 spiro atoms. The van der Waals surface area contributed by atoms with E-state index in [9.17, 15) is 10.1 Å². The Hall–Kier alpha value is -3.32. The topological polar surface area (TPSA) is 73.8 Å². The molecule has 2 atom stereocenters. The van der Waals surface area contributed by atoms with Gasteiger partial charge in [0.1, 0.15) is 11.1 Å². The highest BCUT2D eigenvalue weighted by Gasteiger charge is 2.49. The summed E-state index contributed by atoms with van der Waals surface area (Å²) >= 11 is 0. The first-order valence-corrected chi connectivity index (χ1v) is 14.6. The zero-order chi connectivity index (χ0) is 22.8. The quantitative estimate of drug-likeness (QED) is 0.202. The predicted molar refractivity (Wildman–Crippen MR) is 130 cm³/mol. The summed E-state index contributed by atoms with van der Waals surface area (Å²) < 4.78 is 1.97. The standard InChI is InChI=1S/C25H28N4O2Si/c1-32(2,3)19-25(21-14-8-5-9-15-21,29-24-17-11-10-16-23(24)26-27-29)22(18-28(30)31)20-12-6-4-7-13-20/h4-17,22H,18-19H2,1-3H3. The molecule has 6 nitrogen and oxygen atoms in total. The van der Waals surface area contributed by atoms with E-state index in [1.807, 2.05) is 77.5 Å². The fourth-order valence-electron chi connectivity index (χ4n) is 4.84. The first-order chi connectivity index (χ1) is 15.3. The summed E-state index contributed by atoms with van der Waals surface area (Å²) in [6.45, 7) is 6.71. The molecular weight excluding hydrogens is 416 g/mol. The third-order valence-electron chi connectivity index (χ3n) is 5.91. The Bertz CT molecular complexity index is 1200. The number of hydrogen-bond acceptors (Lipinski definition) is 4. The Morgan fingerprint density at radius 3 is 2.16 bits per heavy atom. The highest BCUT2D eigenvalue weighted by molar-refractivity contribution is 6.76. The lowest BCUT2D eigenvalue weighted by Crippen LogP contribution is -2.49. The third-order valence-corrected chi connectivity index (χ3v) is 7.51. The average Bonchev–Trinajstić information content (AvgIpc) is 3.21. The fourth-order valence-corrected chi connectivity index (χ4v) is 7.05. The van der Waals surface area contributed by atoms with Crippen LogP contribution in [-0.2, 0) is 5.54 Å². The molecule has 0 fully saturated rings. The van der Waals surface area contributed by atoms with Gasteiger partial charge in [-0.25, -0.2) is 4.68 Å². The molecule has 0 amide bonds. The van der Waals surface area contributed by atoms with Gasteiger partial charge in [-0.15, -0.1) is 5.10 Å². The number of benzene rings is 3. The second-order valence-electron chi connectivity index (χ2n) is 9.50. The second kappa shape index (κ2) is 8.67. The van der Waals surface area contributed by atoms with Gasteiger partial charge < -0.3 is 0 Å². The SMILES string of the molecule is C[Si](C)(C)CC(c1ccccc1)(C(C[N+](=O)[O-])c1ccccc1)n1nnc2ccccc21. The van der Waals surface area contributed by atoms with Crippen molar-refractivity contribution in [2.75, 3.05) is 6.54 Å². The maximum absolute atomic E-state index is 12.0. The molecule has 0 saturated carbocycles. The highest BCUT2D eigenvalue weighted by atomic mass is 28.3. The summed E-state index contributed by atoms with van der Waals surface area (Å²) in [5.74, 6) is -0.419. The molecule has 0 aliphatic rings. The molecule has 0 N–H and O–H groups in total. The van der Waals surface area contributed by atoms with Crippen molar-refractivity contribution in [2.45, 2.75) is 37.1 Å². The monoisotopic (exact) mass is 444 g/mol. The van der Waals surface area contributed by atoms with Crippen molar-refractivity contribution >= 4 is 19.1 Å². The lowest BCUT2D eigenvalue weighted by atomic mass is 9.75. The van der Waals surface area contributed by atoms with Crippen molar-refractivity contribution in [1.82, 2.24) is 15.0 Å². The number of nitrogens with zero attached hydrogens (tertiary/aromatic N) is 4. The molecule has 3 aromatic carbocycles. The number of fused-ring (bicyclic) bond motifs is 1. The molecule has 1 aromatic heterocycles. The van der Waals surface area contributed by atoms with Crippen LogP contribution in [0.15, 0.2) is 84.9 Å². The van der Waals surface area contributed by atoms with Crippen LogP contribution in [0.4, 0.5) is 0 Å². The summed E-state index contributed by atoms with van der Waals surface area (Å²) in [6, 6.07) is 28.6. The minimum absolute atomic E-state index is 0.196. The number of rotatable bonds is 8. The molecule has 0 radical (unpaired) electrons. The lowest BCUT2D eigenvalue weighted by Gasteiger charge is -2.43. The fraction of sp³-hybridized carbons (Fsp3) is 0.280. The van der Waals surface area contributed by atoms with Crippen molar-refractivity contribution in [3.8, 4) is 0 Å². The van der Waals surface area contributed by atoms with Gasteiger partial charge in [0.25, 0.3) is 0 Å². The van der Waals surface area contributed by atoms with E-state index in [0.29, 0.717) is 0 Å². The zero-order valence-electron chi connectivity index (χ0n) is 18.7. The van der Waals surface area contributed by atoms with E-state index in [-0.39, 0.29) is 11.5 Å². The Balaban J connectivity index is 2.11. The van der Waals surface area contributed by atoms with Crippen molar-refractivity contribution in [1.29, 1.82) is 0 Å². The van der Waals surface area contributed by atoms with Crippen molar-refractivity contribution < 1.29 is 4.92 Å². The number of para-hydroxylation sites is 1. The van der Waals surface area contributed by atoms with Crippen LogP contribution in [0.3, 0.4) is 0 Å². The summed E-state index contributed by atoms with van der Waals surface area (Å²) in [5.41, 5.74) is 2.88. The molecule has 0 aliphatic heterocycles. The van der Waals surface area contributed by atoms with Crippen LogP contribution in [0.1, 0.15) is 17.0 Å². The maximum Gasteiger partial charge on any atom is 0.213 e. The average molecular weight is 445 g/mol. The van der Waals surface area contributed by atoms with Crippen LogP contribution < -0.4 is 0 Å². The largest absolute Gasteiger partial charge is 0.265 e. The minimum atomic E-state index is -1.78. The van der Waals surface area contributed by atoms with E-state index in [1.165, 1.54) is 0 Å². The van der Waals surface area contributed by atoms with Gasteiger partial charge in [-0.1, -0.05) is 97.7 Å². The summed E-state index contributed by atoms with van der Waals surface area (Å²) in [5, 5.41) is 21.1. The van der Waals surface area contributed by atoms with Gasteiger partial charge in [-0.05, 0) is 29.3 Å². The maximum atomic E-state index is 12.0. The van der Waals surface area contributed by atoms with Gasteiger partial charge in [0.2, 0.25) is 6.54 Å². The van der Waals surface area contributed by atoms with E-state index >= 15 is 0 Å². The van der Waals surface area contributed by atoms with Crippen LogP contribution in [0.25, 0.3) is 11.0 Å². The van der Waals surface area contributed by atoms with E-state index in [0.717, 1.165) is 28.2 Å². The number of nitro groups is 1. The predicted octanol–water partition coefficient (Wildman–Crippen LogP) is 5.57. The summed E-state index contributed by atoms with van der Waals surface area (Å²) in [6.07, 6.45) is 0. The normalized spacial score (nSPS) is 14.7. The van der Waals surface area contributed by atoms with Gasteiger partial charge in [0, 0.05) is 13.0 Å². The molecule has 0 saturated heterocycles. The Morgan fingerprint density at radius 2 is 1.53 bits per heavy atom. The van der Waals surface area contributed by atoms with Crippen LogP contribution in [0.2, 0.25) is 25.7 Å². The first kappa shape index (κ1) is 21.9. The Morgan fingerprint density at radius 1 is 0.938 bits per heavy atom. The van der Waals surface area contributed by atoms with E-state index in [1.54, 1.807) is 0 Å². The third kappa shape index (κ3) is 4.20. The van der Waals surface area contributed by atoms with Crippen LogP contribution in [0, 0.1) is 10.1 Å². The van der Waals surface area contributed by atoms with E-state index in [2.05, 4.69) is 42.1 Å². The van der Waals surface area contributed by atoms with Crippen LogP contribution in [-0.4, -0.2) is 34.5 Å². The van der Waals surface area contributed by atoms with Gasteiger partial charge in [0.15, 0.2) is 0 Å². The van der Waals surface area contributed by atoms with Crippen LogP contribution in [0.5, 0.6) is 0 Å². The summed E-state index contributed by atoms with van der Waals surface area (Å²) in [7, 11) is -1.78. The Labute approximate surface area is 189 Å². The molecule has 1 heterocycles. The van der Waals surface area contributed by atoms with E-state index in [4.69, 9.17) is 0 Å². The smallest absolute Gasteiger partial charge is 0.213 e. The molecule has 0 aliphatic carbocycles. The second-order valence-corrected chi connectivity index (χ2v) is 15.0. The molecule has 0 bridgehead atoms. The minimum Gasteiger partial charge on any atom is -0.265 e. The molecule has 7 heteroatoms. The lowest BCUT2D eigenvalue weighted by molar-refractivity contribution is -0.485. The highest BCUT2D eigenvalue weighted by Crippen LogP contribution is 2.47. The molecular formula is C25H28N4O2Si. The van der Waals surface area contributed by atoms with Gasteiger partial charge in [-0.2, -0.15) is 0 Å². The van der Waals surface area contributed by atoms with Gasteiger partial charge in [-0.3, -0.25) is 10.1 Å². The molecule has 32 heavy (non-hydrogen) atoms. The van der Waals surface area contributed by atoms with Crippen molar-refractivity contribution in [3.05, 3.63) is 106 Å². The molecule has 164 valence electrons. The van der Waals surface area contributed by atoms with Crippen molar-refractivity contribution in [3.63, 3.8) is 0 Å². The van der Waals surface area contributed by atoms with E-state index < -0.39 is 19.5 Å². The molecule has 4 aromatic rings. The van der Waals surface area contributed by atoms with Gasteiger partial charge >= 0.3 is 0 Å². The number of aromatic nitrogens is 3. The first-order valence-electron chi connectivity index (χ1n) is 10.8. The number of hydrogen-bond donors (Lipinski definition) is 0. The van der Waals surface area contributed by atoms with Gasteiger partial charge in [0.05, 0.1) is 11.4 Å². The molecule has 4 rings (SSSR count). The summed E-state index contributed by atoms with van der Waals surface area (Å²) in [4.78, 5) is 11.8. The Kier molecular flexibility index (Phi) is 5.93. The molecule has 2 unspecified atom stereocenters. The van der Waals surface area contributed by atoms with Crippen molar-refractivity contribution in [2.24, 2.45) is 0 Å². The zero-order valence-corrected chi connectivity index (χ0v) is 19.7. The van der Waals surface area contributed by atoms with Crippen LogP contribution >= 0.6 is 0 Å².